The van der Waals surface area contributed by atoms with Gasteiger partial charge in [-0.2, -0.15) is 0 Å². The van der Waals surface area contributed by atoms with Crippen LogP contribution >= 0.6 is 11.3 Å². The molecule has 1 aliphatic rings. The van der Waals surface area contributed by atoms with E-state index in [9.17, 15) is 4.79 Å². The Kier molecular flexibility index (Phi) is 4.03. The second kappa shape index (κ2) is 6.11. The molecule has 1 aromatic heterocycles. The third-order valence-corrected chi connectivity index (χ3v) is 4.04. The molecular formula is C14H17N5OS. The van der Waals surface area contributed by atoms with Gasteiger partial charge in [-0.15, -0.1) is 11.3 Å². The standard InChI is InChI=1S/C14H17N5OS/c15-14-18-11(9-21-14)13(20)17-10-3-1-2-4-12(10)19-7-5-16-6-8-19/h1-4,9,16H,5-8H2,(H2,15,18)(H,17,20). The van der Waals surface area contributed by atoms with Crippen molar-refractivity contribution in [2.75, 3.05) is 42.1 Å². The Morgan fingerprint density at radius 3 is 2.81 bits per heavy atom. The number of nitrogens with one attached hydrogen (secondary N) is 2. The molecule has 2 aromatic rings. The second-order valence-electron chi connectivity index (χ2n) is 4.78. The van der Waals surface area contributed by atoms with Crippen LogP contribution in [0.2, 0.25) is 0 Å². The quantitative estimate of drug-likeness (QED) is 0.798. The maximum Gasteiger partial charge on any atom is 0.275 e. The number of hydrogen-bond acceptors (Lipinski definition) is 6. The third-order valence-electron chi connectivity index (χ3n) is 3.36. The molecule has 21 heavy (non-hydrogen) atoms. The molecule has 0 spiro atoms. The van der Waals surface area contributed by atoms with Crippen molar-refractivity contribution in [3.63, 3.8) is 0 Å². The Morgan fingerprint density at radius 1 is 1.33 bits per heavy atom. The zero-order valence-corrected chi connectivity index (χ0v) is 12.3. The first kappa shape index (κ1) is 13.8. The predicted molar refractivity (Wildman–Crippen MR) is 86.0 cm³/mol. The summed E-state index contributed by atoms with van der Waals surface area (Å²) >= 11 is 1.26. The summed E-state index contributed by atoms with van der Waals surface area (Å²) in [6, 6.07) is 7.83. The predicted octanol–water partition coefficient (Wildman–Crippen LogP) is 1.39. The first-order valence-corrected chi connectivity index (χ1v) is 7.69. The van der Waals surface area contributed by atoms with Crippen molar-refractivity contribution < 1.29 is 4.79 Å². The zero-order valence-electron chi connectivity index (χ0n) is 11.5. The minimum absolute atomic E-state index is 0.231. The maximum absolute atomic E-state index is 12.2. The molecule has 1 saturated heterocycles. The summed E-state index contributed by atoms with van der Waals surface area (Å²) in [6.07, 6.45) is 0. The fourth-order valence-corrected chi connectivity index (χ4v) is 2.88. The van der Waals surface area contributed by atoms with Crippen LogP contribution in [0.4, 0.5) is 16.5 Å². The van der Waals surface area contributed by atoms with E-state index in [2.05, 4.69) is 20.5 Å². The Bertz CT molecular complexity index is 636. The number of amides is 1. The van der Waals surface area contributed by atoms with Crippen molar-refractivity contribution >= 4 is 33.8 Å². The summed E-state index contributed by atoms with van der Waals surface area (Å²) < 4.78 is 0. The van der Waals surface area contributed by atoms with Gasteiger partial charge in [-0.25, -0.2) is 4.98 Å². The highest BCUT2D eigenvalue weighted by Crippen LogP contribution is 2.26. The minimum Gasteiger partial charge on any atom is -0.375 e. The summed E-state index contributed by atoms with van der Waals surface area (Å²) in [7, 11) is 0. The summed E-state index contributed by atoms with van der Waals surface area (Å²) in [4.78, 5) is 18.5. The molecule has 0 atom stereocenters. The van der Waals surface area contributed by atoms with Gasteiger partial charge in [0.2, 0.25) is 0 Å². The number of nitrogens with zero attached hydrogens (tertiary/aromatic N) is 2. The van der Waals surface area contributed by atoms with Crippen molar-refractivity contribution in [3.05, 3.63) is 35.3 Å². The van der Waals surface area contributed by atoms with Crippen LogP contribution in [0.1, 0.15) is 10.5 Å². The molecule has 0 aliphatic carbocycles. The molecule has 7 heteroatoms. The highest BCUT2D eigenvalue weighted by Gasteiger charge is 2.16. The van der Waals surface area contributed by atoms with Crippen molar-refractivity contribution in [1.82, 2.24) is 10.3 Å². The van der Waals surface area contributed by atoms with E-state index in [1.54, 1.807) is 5.38 Å². The van der Waals surface area contributed by atoms with Crippen molar-refractivity contribution in [2.24, 2.45) is 0 Å². The first-order valence-electron chi connectivity index (χ1n) is 6.81. The molecule has 0 bridgehead atoms. The van der Waals surface area contributed by atoms with Gasteiger partial charge in [-0.1, -0.05) is 12.1 Å². The smallest absolute Gasteiger partial charge is 0.275 e. The number of anilines is 3. The highest BCUT2D eigenvalue weighted by molar-refractivity contribution is 7.13. The molecule has 0 unspecified atom stereocenters. The molecule has 1 amide bonds. The molecule has 110 valence electrons. The normalized spacial score (nSPS) is 15.0. The van der Waals surface area contributed by atoms with Gasteiger partial charge in [0.25, 0.3) is 5.91 Å². The Hall–Kier alpha value is -2.12. The molecule has 6 nitrogen and oxygen atoms in total. The van der Waals surface area contributed by atoms with Crippen LogP contribution in [0.15, 0.2) is 29.6 Å². The SMILES string of the molecule is Nc1nc(C(=O)Nc2ccccc2N2CCNCC2)cs1. The lowest BCUT2D eigenvalue weighted by atomic mass is 10.2. The van der Waals surface area contributed by atoms with E-state index < -0.39 is 0 Å². The lowest BCUT2D eigenvalue weighted by Crippen LogP contribution is -2.43. The van der Waals surface area contributed by atoms with Crippen LogP contribution < -0.4 is 21.3 Å². The summed E-state index contributed by atoms with van der Waals surface area (Å²) in [5.74, 6) is -0.231. The van der Waals surface area contributed by atoms with Crippen LogP contribution in [0.25, 0.3) is 0 Å². The van der Waals surface area contributed by atoms with Gasteiger partial charge in [0, 0.05) is 31.6 Å². The number of piperazine rings is 1. The van der Waals surface area contributed by atoms with Gasteiger partial charge in [-0.05, 0) is 12.1 Å². The number of nitrogen functional groups attached to an aromatic ring is 1. The van der Waals surface area contributed by atoms with E-state index in [4.69, 9.17) is 5.73 Å². The largest absolute Gasteiger partial charge is 0.375 e. The van der Waals surface area contributed by atoms with Crippen LogP contribution in [0.5, 0.6) is 0 Å². The summed E-state index contributed by atoms with van der Waals surface area (Å²) in [5.41, 5.74) is 7.76. The fourth-order valence-electron chi connectivity index (χ4n) is 2.34. The molecule has 1 fully saturated rings. The van der Waals surface area contributed by atoms with E-state index >= 15 is 0 Å². The van der Waals surface area contributed by atoms with E-state index in [0.717, 1.165) is 37.6 Å². The van der Waals surface area contributed by atoms with Crippen LogP contribution in [0, 0.1) is 0 Å². The first-order chi connectivity index (χ1) is 10.2. The highest BCUT2D eigenvalue weighted by atomic mass is 32.1. The van der Waals surface area contributed by atoms with Crippen LogP contribution in [-0.4, -0.2) is 37.1 Å². The topological polar surface area (TPSA) is 83.3 Å². The number of rotatable bonds is 3. The molecule has 0 radical (unpaired) electrons. The zero-order chi connectivity index (χ0) is 14.7. The molecule has 3 rings (SSSR count). The number of aromatic nitrogens is 1. The maximum atomic E-state index is 12.2. The van der Waals surface area contributed by atoms with Crippen molar-refractivity contribution in [3.8, 4) is 0 Å². The Balaban J connectivity index is 1.80. The average molecular weight is 303 g/mol. The van der Waals surface area contributed by atoms with Gasteiger partial charge in [0.05, 0.1) is 11.4 Å². The lowest BCUT2D eigenvalue weighted by molar-refractivity contribution is 0.102. The molecule has 4 N–H and O–H groups in total. The molecule has 0 saturated carbocycles. The Labute approximate surface area is 127 Å². The summed E-state index contributed by atoms with van der Waals surface area (Å²) in [5, 5.41) is 8.31. The lowest BCUT2D eigenvalue weighted by Gasteiger charge is -2.31. The van der Waals surface area contributed by atoms with Crippen LogP contribution in [-0.2, 0) is 0 Å². The minimum atomic E-state index is -0.231. The molecule has 2 heterocycles. The third kappa shape index (κ3) is 3.14. The fraction of sp³-hybridized carbons (Fsp3) is 0.286. The number of hydrogen-bond donors (Lipinski definition) is 3. The van der Waals surface area contributed by atoms with Crippen molar-refractivity contribution in [2.45, 2.75) is 0 Å². The number of carbonyl (C=O) groups is 1. The van der Waals surface area contributed by atoms with Gasteiger partial charge in [0.15, 0.2) is 5.13 Å². The number of carbonyl (C=O) groups excluding carboxylic acids is 1. The van der Waals surface area contributed by atoms with E-state index in [-0.39, 0.29) is 5.91 Å². The van der Waals surface area contributed by atoms with Gasteiger partial charge < -0.3 is 21.3 Å². The van der Waals surface area contributed by atoms with E-state index in [0.29, 0.717) is 10.8 Å². The van der Waals surface area contributed by atoms with Crippen molar-refractivity contribution in [1.29, 1.82) is 0 Å². The Morgan fingerprint density at radius 2 is 2.10 bits per heavy atom. The number of thiazole rings is 1. The monoisotopic (exact) mass is 303 g/mol. The molecule has 1 aliphatic heterocycles. The van der Waals surface area contributed by atoms with Crippen LogP contribution in [0.3, 0.4) is 0 Å². The van der Waals surface area contributed by atoms with E-state index in [1.165, 1.54) is 11.3 Å². The van der Waals surface area contributed by atoms with E-state index in [1.807, 2.05) is 24.3 Å². The molecule has 1 aromatic carbocycles. The molecular weight excluding hydrogens is 286 g/mol. The van der Waals surface area contributed by atoms with Gasteiger partial charge >= 0.3 is 0 Å². The number of benzene rings is 1. The summed E-state index contributed by atoms with van der Waals surface area (Å²) in [6.45, 7) is 3.75. The number of para-hydroxylation sites is 2. The average Bonchev–Trinajstić information content (AvgIpc) is 2.95. The van der Waals surface area contributed by atoms with Gasteiger partial charge in [0.1, 0.15) is 5.69 Å². The number of nitrogens with two attached hydrogens (primary N) is 1. The van der Waals surface area contributed by atoms with Gasteiger partial charge in [-0.3, -0.25) is 4.79 Å². The second-order valence-corrected chi connectivity index (χ2v) is 5.67.